The zero-order chi connectivity index (χ0) is 14.3. The van der Waals surface area contributed by atoms with Gasteiger partial charge in [-0.05, 0) is 31.7 Å². The molecular formula is C14H19N3O3. The monoisotopic (exact) mass is 277 g/mol. The Labute approximate surface area is 117 Å². The third kappa shape index (κ3) is 1.99. The largest absolute Gasteiger partial charge is 0.480 e. The number of piperidine rings is 1. The maximum atomic E-state index is 12.3. The number of hydrogen-bond acceptors (Lipinski definition) is 3. The van der Waals surface area contributed by atoms with Crippen molar-refractivity contribution in [2.24, 2.45) is 12.5 Å². The van der Waals surface area contributed by atoms with Gasteiger partial charge < -0.3 is 10.0 Å². The highest BCUT2D eigenvalue weighted by Crippen LogP contribution is 2.48. The Morgan fingerprint density at radius 1 is 1.35 bits per heavy atom. The van der Waals surface area contributed by atoms with E-state index in [-0.39, 0.29) is 5.91 Å². The zero-order valence-electron chi connectivity index (χ0n) is 11.6. The summed E-state index contributed by atoms with van der Waals surface area (Å²) in [5, 5.41) is 13.4. The third-order valence-electron chi connectivity index (χ3n) is 4.63. The van der Waals surface area contributed by atoms with E-state index in [4.69, 9.17) is 0 Å². The lowest BCUT2D eigenvalue weighted by atomic mass is 9.92. The summed E-state index contributed by atoms with van der Waals surface area (Å²) in [7, 11) is 1.93. The summed E-state index contributed by atoms with van der Waals surface area (Å²) < 4.78 is 1.88. The van der Waals surface area contributed by atoms with Crippen molar-refractivity contribution in [1.29, 1.82) is 0 Å². The van der Waals surface area contributed by atoms with Crippen molar-refractivity contribution < 1.29 is 14.7 Å². The second-order valence-corrected chi connectivity index (χ2v) is 5.83. The predicted molar refractivity (Wildman–Crippen MR) is 71.1 cm³/mol. The number of aromatic nitrogens is 2. The number of carboxylic acids is 1. The summed E-state index contributed by atoms with van der Waals surface area (Å²) in [6.45, 7) is 1.29. The van der Waals surface area contributed by atoms with Crippen LogP contribution in [0.25, 0.3) is 0 Å². The van der Waals surface area contributed by atoms with Gasteiger partial charge in [0.15, 0.2) is 0 Å². The SMILES string of the molecule is Cn1nccc1C1CCN(C(=O)C2(C(=O)O)CC2)CC1. The van der Waals surface area contributed by atoms with Crippen LogP contribution in [0.3, 0.4) is 0 Å². The summed E-state index contributed by atoms with van der Waals surface area (Å²) in [5.41, 5.74) is 0.0933. The first-order chi connectivity index (χ1) is 9.54. The van der Waals surface area contributed by atoms with Crippen LogP contribution in [0.1, 0.15) is 37.3 Å². The number of likely N-dealkylation sites (tertiary alicyclic amines) is 1. The quantitative estimate of drug-likeness (QED) is 0.836. The molecule has 1 aromatic rings. The van der Waals surface area contributed by atoms with Crippen molar-refractivity contribution in [1.82, 2.24) is 14.7 Å². The van der Waals surface area contributed by atoms with Crippen molar-refractivity contribution in [3.8, 4) is 0 Å². The Balaban J connectivity index is 1.63. The molecule has 1 aliphatic heterocycles. The Hall–Kier alpha value is -1.85. The fourth-order valence-electron chi connectivity index (χ4n) is 3.11. The van der Waals surface area contributed by atoms with Gasteiger partial charge in [0.2, 0.25) is 5.91 Å². The molecule has 0 radical (unpaired) electrons. The molecular weight excluding hydrogens is 258 g/mol. The number of rotatable bonds is 3. The van der Waals surface area contributed by atoms with Crippen molar-refractivity contribution >= 4 is 11.9 Å². The molecule has 0 spiro atoms. The van der Waals surface area contributed by atoms with Gasteiger partial charge in [-0.15, -0.1) is 0 Å². The lowest BCUT2D eigenvalue weighted by molar-refractivity contribution is -0.154. The molecule has 3 rings (SSSR count). The molecule has 20 heavy (non-hydrogen) atoms. The lowest BCUT2D eigenvalue weighted by Gasteiger charge is -2.33. The number of aliphatic carboxylic acids is 1. The first-order valence-electron chi connectivity index (χ1n) is 7.05. The smallest absolute Gasteiger partial charge is 0.319 e. The summed E-state index contributed by atoms with van der Waals surface area (Å²) in [6.07, 6.45) is 4.52. The lowest BCUT2D eigenvalue weighted by Crippen LogP contribution is -2.44. The maximum Gasteiger partial charge on any atom is 0.319 e. The highest BCUT2D eigenvalue weighted by molar-refractivity contribution is 6.04. The summed E-state index contributed by atoms with van der Waals surface area (Å²) in [6, 6.07) is 2.02. The van der Waals surface area contributed by atoms with Gasteiger partial charge in [-0.25, -0.2) is 0 Å². The average Bonchev–Trinajstić information content (AvgIpc) is 3.16. The van der Waals surface area contributed by atoms with Crippen LogP contribution in [0.5, 0.6) is 0 Å². The summed E-state index contributed by atoms with van der Waals surface area (Å²) in [5.74, 6) is -0.740. The van der Waals surface area contributed by atoms with Crippen LogP contribution in [-0.2, 0) is 16.6 Å². The summed E-state index contributed by atoms with van der Waals surface area (Å²) >= 11 is 0. The van der Waals surface area contributed by atoms with E-state index in [9.17, 15) is 14.7 Å². The Morgan fingerprint density at radius 3 is 2.45 bits per heavy atom. The van der Waals surface area contributed by atoms with Crippen molar-refractivity contribution in [3.05, 3.63) is 18.0 Å². The fourth-order valence-corrected chi connectivity index (χ4v) is 3.11. The molecule has 0 atom stereocenters. The first-order valence-corrected chi connectivity index (χ1v) is 7.05. The van der Waals surface area contributed by atoms with Crippen LogP contribution in [0, 0.1) is 5.41 Å². The molecule has 108 valence electrons. The first kappa shape index (κ1) is 13.1. The minimum atomic E-state index is -1.10. The number of carbonyl (C=O) groups is 2. The van der Waals surface area contributed by atoms with Crippen LogP contribution in [0.15, 0.2) is 12.3 Å². The number of aryl methyl sites for hydroxylation is 1. The van der Waals surface area contributed by atoms with E-state index >= 15 is 0 Å². The molecule has 1 amide bonds. The molecule has 0 bridgehead atoms. The second-order valence-electron chi connectivity index (χ2n) is 5.83. The van der Waals surface area contributed by atoms with E-state index in [1.807, 2.05) is 17.8 Å². The molecule has 0 unspecified atom stereocenters. The van der Waals surface area contributed by atoms with Gasteiger partial charge in [0, 0.05) is 37.9 Å². The Bertz CT molecular complexity index is 540. The number of nitrogens with zero attached hydrogens (tertiary/aromatic N) is 3. The Morgan fingerprint density at radius 2 is 2.00 bits per heavy atom. The van der Waals surface area contributed by atoms with E-state index in [2.05, 4.69) is 5.10 Å². The number of amides is 1. The van der Waals surface area contributed by atoms with Gasteiger partial charge in [-0.2, -0.15) is 5.10 Å². The van der Waals surface area contributed by atoms with Gasteiger partial charge in [-0.3, -0.25) is 14.3 Å². The van der Waals surface area contributed by atoms with Gasteiger partial charge in [-0.1, -0.05) is 0 Å². The zero-order valence-corrected chi connectivity index (χ0v) is 11.6. The fraction of sp³-hybridized carbons (Fsp3) is 0.643. The van der Waals surface area contributed by atoms with Gasteiger partial charge in [0.1, 0.15) is 5.41 Å². The van der Waals surface area contributed by atoms with E-state index in [0.29, 0.717) is 31.8 Å². The topological polar surface area (TPSA) is 75.4 Å². The van der Waals surface area contributed by atoms with Gasteiger partial charge in [0.05, 0.1) is 0 Å². The maximum absolute atomic E-state index is 12.3. The normalized spacial score (nSPS) is 21.8. The molecule has 1 saturated carbocycles. The molecule has 2 fully saturated rings. The third-order valence-corrected chi connectivity index (χ3v) is 4.63. The average molecular weight is 277 g/mol. The minimum absolute atomic E-state index is 0.187. The van der Waals surface area contributed by atoms with E-state index in [1.165, 1.54) is 5.69 Å². The van der Waals surface area contributed by atoms with Crippen molar-refractivity contribution in [2.45, 2.75) is 31.6 Å². The standard InChI is InChI=1S/C14H19N3O3/c1-16-11(2-7-15-16)10-3-8-17(9-4-10)12(18)14(5-6-14)13(19)20/h2,7,10H,3-6,8-9H2,1H3,(H,19,20). The molecule has 0 aromatic carbocycles. The molecule has 6 heteroatoms. The van der Waals surface area contributed by atoms with Crippen LogP contribution in [0.2, 0.25) is 0 Å². The van der Waals surface area contributed by atoms with Crippen LogP contribution < -0.4 is 0 Å². The minimum Gasteiger partial charge on any atom is -0.480 e. The molecule has 6 nitrogen and oxygen atoms in total. The molecule has 1 aliphatic carbocycles. The van der Waals surface area contributed by atoms with Crippen LogP contribution in [0.4, 0.5) is 0 Å². The van der Waals surface area contributed by atoms with E-state index in [1.54, 1.807) is 11.1 Å². The number of hydrogen-bond donors (Lipinski definition) is 1. The van der Waals surface area contributed by atoms with Gasteiger partial charge >= 0.3 is 5.97 Å². The van der Waals surface area contributed by atoms with Crippen LogP contribution in [-0.4, -0.2) is 44.8 Å². The number of carbonyl (C=O) groups excluding carboxylic acids is 1. The molecule has 2 heterocycles. The highest BCUT2D eigenvalue weighted by atomic mass is 16.4. The molecule has 2 aliphatic rings. The van der Waals surface area contributed by atoms with Crippen LogP contribution >= 0.6 is 0 Å². The highest BCUT2D eigenvalue weighted by Gasteiger charge is 2.58. The molecule has 1 saturated heterocycles. The van der Waals surface area contributed by atoms with Crippen molar-refractivity contribution in [3.63, 3.8) is 0 Å². The van der Waals surface area contributed by atoms with Crippen molar-refractivity contribution in [2.75, 3.05) is 13.1 Å². The summed E-state index contributed by atoms with van der Waals surface area (Å²) in [4.78, 5) is 25.2. The second kappa shape index (κ2) is 4.61. The van der Waals surface area contributed by atoms with E-state index in [0.717, 1.165) is 12.8 Å². The van der Waals surface area contributed by atoms with Gasteiger partial charge in [0.25, 0.3) is 0 Å². The molecule has 1 N–H and O–H groups in total. The Kier molecular flexibility index (Phi) is 3.03. The predicted octanol–water partition coefficient (Wildman–Crippen LogP) is 0.991. The number of carboxylic acid groups (broad SMARTS) is 1. The molecule has 1 aromatic heterocycles. The van der Waals surface area contributed by atoms with E-state index < -0.39 is 11.4 Å².